The van der Waals surface area contributed by atoms with Crippen LogP contribution in [0.1, 0.15) is 20.8 Å². The number of nitrogens with zero attached hydrogens (tertiary/aromatic N) is 5. The van der Waals surface area contributed by atoms with E-state index < -0.39 is 11.8 Å². The summed E-state index contributed by atoms with van der Waals surface area (Å²) in [5, 5.41) is 17.2. The van der Waals surface area contributed by atoms with Gasteiger partial charge in [0, 0.05) is 21.9 Å². The fourth-order valence-electron chi connectivity index (χ4n) is 2.19. The molecule has 0 aliphatic heterocycles. The summed E-state index contributed by atoms with van der Waals surface area (Å²) in [4.78, 5) is 28.6. The van der Waals surface area contributed by atoms with Crippen LogP contribution in [0.4, 0.5) is 0 Å². The maximum atomic E-state index is 12.2. The Kier molecular flexibility index (Phi) is 4.68. The highest BCUT2D eigenvalue weighted by Crippen LogP contribution is 2.25. The first-order valence-corrected chi connectivity index (χ1v) is 9.45. The molecule has 0 saturated heterocycles. The number of tetrazole rings is 1. The molecule has 0 saturated carbocycles. The van der Waals surface area contributed by atoms with Crippen molar-refractivity contribution in [2.45, 2.75) is 0 Å². The zero-order valence-electron chi connectivity index (χ0n) is 13.6. The molecule has 2 N–H and O–H groups in total. The number of carbonyl (C=O) groups excluding carboxylic acids is 2. The zero-order valence-corrected chi connectivity index (χ0v) is 15.2. The second-order valence-electron chi connectivity index (χ2n) is 5.26. The molecule has 0 fully saturated rings. The first kappa shape index (κ1) is 17.0. The highest BCUT2D eigenvalue weighted by Gasteiger charge is 2.13. The molecular weight excluding hydrogens is 386 g/mol. The number of hydrazine groups is 1. The van der Waals surface area contributed by atoms with E-state index >= 15 is 0 Å². The van der Waals surface area contributed by atoms with Crippen molar-refractivity contribution in [3.63, 3.8) is 0 Å². The number of thiazole rings is 1. The van der Waals surface area contributed by atoms with Crippen LogP contribution in [0.15, 0.2) is 52.8 Å². The molecule has 9 nitrogen and oxygen atoms in total. The Morgan fingerprint density at radius 2 is 1.81 bits per heavy atom. The standard InChI is InChI=1S/C16H11N7O2S2/c24-14(10-1-3-12(4-2-10)23-9-17-21-22-23)19-20-15(25)13-8-27-16(18-13)11-5-6-26-7-11/h1-9H,(H,19,24)(H,20,25). The average molecular weight is 397 g/mol. The SMILES string of the molecule is O=C(NNC(=O)c1csc(-c2ccsc2)n1)c1ccc(-n2cnnn2)cc1. The number of hydrogen-bond donors (Lipinski definition) is 2. The third-order valence-electron chi connectivity index (χ3n) is 3.54. The minimum Gasteiger partial charge on any atom is -0.267 e. The van der Waals surface area contributed by atoms with Crippen LogP contribution in [0.25, 0.3) is 16.3 Å². The largest absolute Gasteiger partial charge is 0.289 e. The highest BCUT2D eigenvalue weighted by atomic mass is 32.1. The number of nitrogens with one attached hydrogen (secondary N) is 2. The van der Waals surface area contributed by atoms with Gasteiger partial charge in [-0.3, -0.25) is 20.4 Å². The summed E-state index contributed by atoms with van der Waals surface area (Å²) in [5.74, 6) is -0.925. The highest BCUT2D eigenvalue weighted by molar-refractivity contribution is 7.14. The van der Waals surface area contributed by atoms with Crippen LogP contribution < -0.4 is 10.9 Å². The first-order valence-electron chi connectivity index (χ1n) is 7.63. The molecule has 27 heavy (non-hydrogen) atoms. The normalized spacial score (nSPS) is 10.5. The summed E-state index contributed by atoms with van der Waals surface area (Å²) in [5.41, 5.74) is 7.05. The van der Waals surface area contributed by atoms with Crippen molar-refractivity contribution < 1.29 is 9.59 Å². The molecular formula is C16H11N7O2S2. The number of aromatic nitrogens is 5. The van der Waals surface area contributed by atoms with Gasteiger partial charge in [0.1, 0.15) is 17.0 Å². The average Bonchev–Trinajstić information content (AvgIpc) is 3.47. The van der Waals surface area contributed by atoms with Gasteiger partial charge in [-0.15, -0.1) is 16.4 Å². The summed E-state index contributed by atoms with van der Waals surface area (Å²) < 4.78 is 1.47. The fourth-order valence-corrected chi connectivity index (χ4v) is 3.70. The monoisotopic (exact) mass is 397 g/mol. The molecule has 2 amide bonds. The minimum absolute atomic E-state index is 0.246. The van der Waals surface area contributed by atoms with Crippen LogP contribution in [0.3, 0.4) is 0 Å². The van der Waals surface area contributed by atoms with E-state index in [0.717, 1.165) is 10.6 Å². The molecule has 11 heteroatoms. The third kappa shape index (κ3) is 3.73. The Bertz CT molecular complexity index is 1060. The Morgan fingerprint density at radius 3 is 2.52 bits per heavy atom. The summed E-state index contributed by atoms with van der Waals surface area (Å²) in [6.07, 6.45) is 1.45. The van der Waals surface area contributed by atoms with E-state index in [9.17, 15) is 9.59 Å². The number of amides is 2. The van der Waals surface area contributed by atoms with Crippen molar-refractivity contribution in [1.82, 2.24) is 36.0 Å². The van der Waals surface area contributed by atoms with Crippen LogP contribution in [-0.2, 0) is 0 Å². The van der Waals surface area contributed by atoms with Crippen LogP contribution >= 0.6 is 22.7 Å². The summed E-state index contributed by atoms with van der Waals surface area (Å²) >= 11 is 2.93. The number of rotatable bonds is 4. The molecule has 0 unspecified atom stereocenters. The van der Waals surface area contributed by atoms with Crippen LogP contribution in [0, 0.1) is 0 Å². The van der Waals surface area contributed by atoms with Crippen molar-refractivity contribution in [3.05, 3.63) is 64.1 Å². The molecule has 0 radical (unpaired) electrons. The van der Waals surface area contributed by atoms with E-state index in [4.69, 9.17) is 0 Å². The summed E-state index contributed by atoms with van der Waals surface area (Å²) in [6.45, 7) is 0. The van der Waals surface area contributed by atoms with Crippen molar-refractivity contribution in [3.8, 4) is 16.3 Å². The lowest BCUT2D eigenvalue weighted by Crippen LogP contribution is -2.41. The molecule has 3 heterocycles. The maximum Gasteiger partial charge on any atom is 0.289 e. The Balaban J connectivity index is 1.37. The molecule has 4 rings (SSSR count). The van der Waals surface area contributed by atoms with Crippen molar-refractivity contribution in [2.75, 3.05) is 0 Å². The lowest BCUT2D eigenvalue weighted by Gasteiger charge is -2.06. The predicted molar refractivity (Wildman–Crippen MR) is 99.5 cm³/mol. The van der Waals surface area contributed by atoms with Crippen LogP contribution in [-0.4, -0.2) is 37.0 Å². The number of hydrogen-bond acceptors (Lipinski definition) is 8. The van der Waals surface area contributed by atoms with E-state index in [1.54, 1.807) is 41.0 Å². The van der Waals surface area contributed by atoms with E-state index in [-0.39, 0.29) is 5.69 Å². The topological polar surface area (TPSA) is 115 Å². The van der Waals surface area contributed by atoms with Gasteiger partial charge in [-0.25, -0.2) is 9.67 Å². The van der Waals surface area contributed by atoms with Gasteiger partial charge in [-0.2, -0.15) is 11.3 Å². The van der Waals surface area contributed by atoms with Gasteiger partial charge in [0.25, 0.3) is 11.8 Å². The predicted octanol–water partition coefficient (Wildman–Crippen LogP) is 1.92. The van der Waals surface area contributed by atoms with E-state index in [2.05, 4.69) is 31.4 Å². The maximum absolute atomic E-state index is 12.2. The lowest BCUT2D eigenvalue weighted by atomic mass is 10.2. The van der Waals surface area contributed by atoms with Gasteiger partial charge < -0.3 is 0 Å². The smallest absolute Gasteiger partial charge is 0.267 e. The number of carbonyl (C=O) groups is 2. The molecule has 0 bridgehead atoms. The number of benzene rings is 1. The Hall–Kier alpha value is -3.44. The molecule has 3 aromatic heterocycles. The van der Waals surface area contributed by atoms with E-state index in [1.807, 2.05) is 16.8 Å². The van der Waals surface area contributed by atoms with Crippen LogP contribution in [0.5, 0.6) is 0 Å². The Labute approximate surface area is 160 Å². The van der Waals surface area contributed by atoms with E-state index in [0.29, 0.717) is 11.3 Å². The first-order chi connectivity index (χ1) is 13.2. The molecule has 4 aromatic rings. The van der Waals surface area contributed by atoms with Gasteiger partial charge in [0.15, 0.2) is 0 Å². The molecule has 0 aliphatic carbocycles. The fraction of sp³-hybridized carbons (Fsp3) is 0. The van der Waals surface area contributed by atoms with Crippen molar-refractivity contribution in [2.24, 2.45) is 0 Å². The van der Waals surface area contributed by atoms with Gasteiger partial charge in [0.2, 0.25) is 0 Å². The minimum atomic E-state index is -0.480. The molecule has 134 valence electrons. The molecule has 0 spiro atoms. The number of thiophene rings is 1. The van der Waals surface area contributed by atoms with Gasteiger partial charge in [0.05, 0.1) is 5.69 Å². The molecule has 0 aliphatic rings. The zero-order chi connectivity index (χ0) is 18.6. The van der Waals surface area contributed by atoms with Crippen LogP contribution in [0.2, 0.25) is 0 Å². The Morgan fingerprint density at radius 1 is 1.00 bits per heavy atom. The second kappa shape index (κ2) is 7.43. The second-order valence-corrected chi connectivity index (χ2v) is 6.90. The third-order valence-corrected chi connectivity index (χ3v) is 5.11. The summed E-state index contributed by atoms with van der Waals surface area (Å²) in [6, 6.07) is 8.54. The molecule has 1 aromatic carbocycles. The summed E-state index contributed by atoms with van der Waals surface area (Å²) in [7, 11) is 0. The lowest BCUT2D eigenvalue weighted by molar-refractivity contribution is 0.0844. The van der Waals surface area contributed by atoms with Gasteiger partial charge >= 0.3 is 0 Å². The quantitative estimate of drug-likeness (QED) is 0.509. The van der Waals surface area contributed by atoms with Gasteiger partial charge in [-0.05, 0) is 46.1 Å². The van der Waals surface area contributed by atoms with Gasteiger partial charge in [-0.1, -0.05) is 0 Å². The molecule has 0 atom stereocenters. The van der Waals surface area contributed by atoms with E-state index in [1.165, 1.54) is 22.3 Å². The van der Waals surface area contributed by atoms with Crippen molar-refractivity contribution in [1.29, 1.82) is 0 Å². The van der Waals surface area contributed by atoms with Crippen molar-refractivity contribution >= 4 is 34.5 Å².